The van der Waals surface area contributed by atoms with Crippen LogP contribution in [0.2, 0.25) is 5.02 Å². The van der Waals surface area contributed by atoms with E-state index in [1.807, 2.05) is 30.3 Å². The smallest absolute Gasteiger partial charge is 0.247 e. The number of hydrogen-bond donors (Lipinski definition) is 4. The molecule has 0 saturated carbocycles. The molecule has 3 rings (SSSR count). The van der Waals surface area contributed by atoms with E-state index in [1.54, 1.807) is 24.1 Å². The predicted molar refractivity (Wildman–Crippen MR) is 106 cm³/mol. The van der Waals surface area contributed by atoms with E-state index in [4.69, 9.17) is 16.7 Å². The zero-order chi connectivity index (χ0) is 19.9. The second-order valence-electron chi connectivity index (χ2n) is 5.92. The Balaban J connectivity index is 1.85. The van der Waals surface area contributed by atoms with E-state index < -0.39 is 6.04 Å². The molecule has 0 bridgehead atoms. The third-order valence-electron chi connectivity index (χ3n) is 3.79. The number of nitrogens with one attached hydrogen (secondary N) is 3. The molecule has 28 heavy (non-hydrogen) atoms. The molecule has 3 aromatic rings. The standard InChI is InChI=1S/C18H20ClN7O2/c1-26-11-13(9-22-26)23-18-21-10-14(19)16(25-18)24-15(17(28)20-7-8-27)12-5-3-2-4-6-12/h2-6,9-11,15,27H,7-8H2,1H3,(H,20,28)(H2,21,23,24,25)/t15-/m0/s1. The molecule has 0 unspecified atom stereocenters. The molecule has 0 aliphatic heterocycles. The summed E-state index contributed by atoms with van der Waals surface area (Å²) >= 11 is 6.24. The van der Waals surface area contributed by atoms with Crippen molar-refractivity contribution in [3.05, 3.63) is 59.5 Å². The van der Waals surface area contributed by atoms with Crippen LogP contribution < -0.4 is 16.0 Å². The second-order valence-corrected chi connectivity index (χ2v) is 6.33. The number of benzene rings is 1. The van der Waals surface area contributed by atoms with Crippen LogP contribution in [-0.2, 0) is 11.8 Å². The molecule has 1 aromatic carbocycles. The maximum absolute atomic E-state index is 12.6. The van der Waals surface area contributed by atoms with Gasteiger partial charge < -0.3 is 21.1 Å². The fourth-order valence-corrected chi connectivity index (χ4v) is 2.65. The topological polar surface area (TPSA) is 117 Å². The molecule has 2 heterocycles. The normalized spacial score (nSPS) is 11.7. The number of anilines is 3. The van der Waals surface area contributed by atoms with Gasteiger partial charge in [0.1, 0.15) is 11.1 Å². The molecular weight excluding hydrogens is 382 g/mol. The first-order valence-electron chi connectivity index (χ1n) is 8.55. The summed E-state index contributed by atoms with van der Waals surface area (Å²) < 4.78 is 1.65. The number of nitrogens with zero attached hydrogens (tertiary/aromatic N) is 4. The Kier molecular flexibility index (Phi) is 6.41. The fourth-order valence-electron chi connectivity index (χ4n) is 2.51. The third-order valence-corrected chi connectivity index (χ3v) is 4.07. The van der Waals surface area contributed by atoms with E-state index in [1.165, 1.54) is 6.20 Å². The Labute approximate surface area is 166 Å². The first kappa shape index (κ1) is 19.6. The van der Waals surface area contributed by atoms with Crippen molar-refractivity contribution in [3.63, 3.8) is 0 Å². The minimum atomic E-state index is -0.744. The Bertz CT molecular complexity index is 933. The molecule has 0 spiro atoms. The first-order chi connectivity index (χ1) is 13.6. The molecule has 0 aliphatic rings. The lowest BCUT2D eigenvalue weighted by Crippen LogP contribution is -2.35. The van der Waals surface area contributed by atoms with Crippen molar-refractivity contribution in [2.45, 2.75) is 6.04 Å². The molecule has 0 aliphatic carbocycles. The Morgan fingerprint density at radius 3 is 2.75 bits per heavy atom. The van der Waals surface area contributed by atoms with E-state index in [9.17, 15) is 4.79 Å². The van der Waals surface area contributed by atoms with Crippen LogP contribution in [0.4, 0.5) is 17.5 Å². The Morgan fingerprint density at radius 2 is 2.07 bits per heavy atom. The monoisotopic (exact) mass is 401 g/mol. The highest BCUT2D eigenvalue weighted by Crippen LogP contribution is 2.26. The molecule has 0 saturated heterocycles. The zero-order valence-corrected chi connectivity index (χ0v) is 15.9. The predicted octanol–water partition coefficient (Wildman–Crippen LogP) is 1.87. The van der Waals surface area contributed by atoms with Crippen molar-refractivity contribution < 1.29 is 9.90 Å². The molecule has 4 N–H and O–H groups in total. The summed E-state index contributed by atoms with van der Waals surface area (Å²) in [7, 11) is 1.80. The molecule has 1 amide bonds. The third kappa shape index (κ3) is 4.96. The number of aliphatic hydroxyl groups is 1. The summed E-state index contributed by atoms with van der Waals surface area (Å²) in [6.07, 6.45) is 4.86. The van der Waals surface area contributed by atoms with Crippen LogP contribution in [0.25, 0.3) is 0 Å². The van der Waals surface area contributed by atoms with Gasteiger partial charge in [-0.05, 0) is 5.56 Å². The number of amides is 1. The van der Waals surface area contributed by atoms with E-state index in [-0.39, 0.29) is 24.1 Å². The van der Waals surface area contributed by atoms with Crippen LogP contribution in [0.15, 0.2) is 48.9 Å². The van der Waals surface area contributed by atoms with Crippen molar-refractivity contribution in [2.75, 3.05) is 23.8 Å². The van der Waals surface area contributed by atoms with E-state index in [0.717, 1.165) is 11.3 Å². The number of carbonyl (C=O) groups excluding carboxylic acids is 1. The lowest BCUT2D eigenvalue weighted by atomic mass is 10.1. The summed E-state index contributed by atoms with van der Waals surface area (Å²) in [4.78, 5) is 21.1. The van der Waals surface area contributed by atoms with Crippen LogP contribution >= 0.6 is 11.6 Å². The quantitative estimate of drug-likeness (QED) is 0.455. The molecule has 0 radical (unpaired) electrons. The number of aryl methyl sites for hydroxylation is 1. The van der Waals surface area contributed by atoms with Crippen molar-refractivity contribution in [1.82, 2.24) is 25.1 Å². The van der Waals surface area contributed by atoms with Crippen molar-refractivity contribution in [1.29, 1.82) is 0 Å². The van der Waals surface area contributed by atoms with Crippen LogP contribution in [-0.4, -0.2) is 43.9 Å². The molecule has 9 nitrogen and oxygen atoms in total. The lowest BCUT2D eigenvalue weighted by molar-refractivity contribution is -0.122. The van der Waals surface area contributed by atoms with Gasteiger partial charge >= 0.3 is 0 Å². The summed E-state index contributed by atoms with van der Waals surface area (Å²) in [5, 5.41) is 22.1. The molecule has 146 valence electrons. The Morgan fingerprint density at radius 1 is 1.29 bits per heavy atom. The molecular formula is C18H20ClN7O2. The molecule has 0 fully saturated rings. The van der Waals surface area contributed by atoms with E-state index in [0.29, 0.717) is 11.8 Å². The number of carbonyl (C=O) groups is 1. The number of halogens is 1. The van der Waals surface area contributed by atoms with Crippen molar-refractivity contribution >= 4 is 35.0 Å². The number of aromatic nitrogens is 4. The number of rotatable bonds is 8. The van der Waals surface area contributed by atoms with Crippen LogP contribution in [0.3, 0.4) is 0 Å². The maximum atomic E-state index is 12.6. The van der Waals surface area contributed by atoms with Gasteiger partial charge in [-0.25, -0.2) is 4.98 Å². The number of aliphatic hydroxyl groups excluding tert-OH is 1. The molecule has 1 atom stereocenters. The lowest BCUT2D eigenvalue weighted by Gasteiger charge is -2.20. The van der Waals surface area contributed by atoms with Crippen LogP contribution in [0, 0.1) is 0 Å². The van der Waals surface area contributed by atoms with Gasteiger partial charge in [0.15, 0.2) is 5.82 Å². The van der Waals surface area contributed by atoms with Crippen molar-refractivity contribution in [3.8, 4) is 0 Å². The van der Waals surface area contributed by atoms with Gasteiger partial charge in [0.05, 0.1) is 24.7 Å². The van der Waals surface area contributed by atoms with Gasteiger partial charge in [-0.1, -0.05) is 41.9 Å². The summed E-state index contributed by atoms with van der Waals surface area (Å²) in [5.74, 6) is 0.301. The fraction of sp³-hybridized carbons (Fsp3) is 0.222. The highest BCUT2D eigenvalue weighted by atomic mass is 35.5. The van der Waals surface area contributed by atoms with Gasteiger partial charge in [0.2, 0.25) is 11.9 Å². The van der Waals surface area contributed by atoms with Gasteiger partial charge in [-0.3, -0.25) is 9.48 Å². The summed E-state index contributed by atoms with van der Waals surface area (Å²) in [6, 6.07) is 8.42. The van der Waals surface area contributed by atoms with Crippen LogP contribution in [0.1, 0.15) is 11.6 Å². The summed E-state index contributed by atoms with van der Waals surface area (Å²) in [6.45, 7) is -0.00411. The Hall–Kier alpha value is -3.17. The van der Waals surface area contributed by atoms with E-state index >= 15 is 0 Å². The highest BCUT2D eigenvalue weighted by Gasteiger charge is 2.22. The van der Waals surface area contributed by atoms with Crippen LogP contribution in [0.5, 0.6) is 0 Å². The van der Waals surface area contributed by atoms with Gasteiger partial charge in [-0.2, -0.15) is 10.1 Å². The average Bonchev–Trinajstić information content (AvgIpc) is 3.11. The van der Waals surface area contributed by atoms with Crippen molar-refractivity contribution in [2.24, 2.45) is 7.05 Å². The van der Waals surface area contributed by atoms with Gasteiger partial charge in [-0.15, -0.1) is 0 Å². The minimum absolute atomic E-state index is 0.148. The highest BCUT2D eigenvalue weighted by molar-refractivity contribution is 6.32. The second kappa shape index (κ2) is 9.16. The van der Waals surface area contributed by atoms with Gasteiger partial charge in [0.25, 0.3) is 0 Å². The summed E-state index contributed by atoms with van der Waals surface area (Å²) in [5.41, 5.74) is 1.45. The van der Waals surface area contributed by atoms with Gasteiger partial charge in [0, 0.05) is 19.8 Å². The molecule has 2 aromatic heterocycles. The minimum Gasteiger partial charge on any atom is -0.395 e. The SMILES string of the molecule is Cn1cc(Nc2ncc(Cl)c(N[C@H](C(=O)NCCO)c3ccccc3)n2)cn1. The largest absolute Gasteiger partial charge is 0.395 e. The number of hydrogen-bond acceptors (Lipinski definition) is 7. The maximum Gasteiger partial charge on any atom is 0.247 e. The van der Waals surface area contributed by atoms with E-state index in [2.05, 4.69) is 31.0 Å². The molecule has 10 heteroatoms. The zero-order valence-electron chi connectivity index (χ0n) is 15.1. The average molecular weight is 402 g/mol. The first-order valence-corrected chi connectivity index (χ1v) is 8.93.